The first kappa shape index (κ1) is 22.2. The summed E-state index contributed by atoms with van der Waals surface area (Å²) < 4.78 is 32.2. The van der Waals surface area contributed by atoms with Crippen molar-refractivity contribution in [1.29, 1.82) is 0 Å². The molecule has 0 aromatic heterocycles. The number of carbonyl (C=O) groups excluding carboxylic acids is 1. The van der Waals surface area contributed by atoms with E-state index in [1.54, 1.807) is 0 Å². The minimum Gasteiger partial charge on any atom is -0.484 e. The number of carbonyl (C=O) groups is 1. The Bertz CT molecular complexity index is 991. The summed E-state index contributed by atoms with van der Waals surface area (Å²) in [6.07, 6.45) is 2.80. The largest absolute Gasteiger partial charge is 0.484 e. The molecule has 3 rings (SSSR count). The Labute approximate surface area is 184 Å². The van der Waals surface area contributed by atoms with Crippen LogP contribution in [0.5, 0.6) is 5.75 Å². The van der Waals surface area contributed by atoms with Crippen molar-refractivity contribution in [3.05, 3.63) is 51.5 Å². The van der Waals surface area contributed by atoms with Crippen molar-refractivity contribution in [1.82, 2.24) is 4.31 Å². The Morgan fingerprint density at radius 3 is 2.24 bits per heavy atom. The number of hydrogen-bond acceptors (Lipinski definition) is 4. The van der Waals surface area contributed by atoms with E-state index >= 15 is 0 Å². The van der Waals surface area contributed by atoms with E-state index in [2.05, 4.69) is 5.32 Å². The molecule has 2 aromatic carbocycles. The number of amides is 1. The molecule has 1 saturated heterocycles. The van der Waals surface area contributed by atoms with Gasteiger partial charge in [-0.3, -0.25) is 4.79 Å². The Morgan fingerprint density at radius 1 is 0.966 bits per heavy atom. The topological polar surface area (TPSA) is 75.7 Å². The van der Waals surface area contributed by atoms with Gasteiger partial charge in [0.25, 0.3) is 5.91 Å². The van der Waals surface area contributed by atoms with Gasteiger partial charge in [0, 0.05) is 13.1 Å². The second-order valence-corrected chi connectivity index (χ2v) is 9.68. The number of nitrogens with one attached hydrogen (secondary N) is 1. The smallest absolute Gasteiger partial charge is 0.262 e. The molecule has 1 heterocycles. The molecule has 6 nitrogen and oxygen atoms in total. The fourth-order valence-corrected chi connectivity index (χ4v) is 5.03. The number of rotatable bonds is 6. The molecule has 10 heteroatoms. The summed E-state index contributed by atoms with van der Waals surface area (Å²) in [5.41, 5.74) is 0.317. The van der Waals surface area contributed by atoms with E-state index in [4.69, 9.17) is 39.5 Å². The van der Waals surface area contributed by atoms with Crippen LogP contribution in [0.4, 0.5) is 5.69 Å². The van der Waals surface area contributed by atoms with Crippen LogP contribution in [0, 0.1) is 0 Å². The highest BCUT2D eigenvalue weighted by Crippen LogP contribution is 2.32. The van der Waals surface area contributed by atoms with Crippen molar-refractivity contribution < 1.29 is 17.9 Å². The zero-order valence-corrected chi connectivity index (χ0v) is 18.4. The summed E-state index contributed by atoms with van der Waals surface area (Å²) in [5, 5.41) is 3.38. The molecule has 0 aliphatic carbocycles. The standard InChI is InChI=1S/C19H19Cl3N2O4S/c20-15-10-17(22)18(11-16(15)21)23-19(25)12-28-13-4-6-14(7-5-13)29(26,27)24-8-2-1-3-9-24/h4-7,10-11H,1-3,8-9,12H2,(H,23,25). The van der Waals surface area contributed by atoms with Gasteiger partial charge in [0.15, 0.2) is 6.61 Å². The molecule has 0 spiro atoms. The van der Waals surface area contributed by atoms with Gasteiger partial charge in [0.2, 0.25) is 10.0 Å². The van der Waals surface area contributed by atoms with E-state index in [0.717, 1.165) is 19.3 Å². The lowest BCUT2D eigenvalue weighted by Gasteiger charge is -2.25. The van der Waals surface area contributed by atoms with Crippen molar-refractivity contribution in [2.45, 2.75) is 24.2 Å². The molecule has 0 unspecified atom stereocenters. The highest BCUT2D eigenvalue weighted by Gasteiger charge is 2.25. The molecule has 1 fully saturated rings. The first-order valence-corrected chi connectivity index (χ1v) is 11.5. The van der Waals surface area contributed by atoms with E-state index < -0.39 is 15.9 Å². The van der Waals surface area contributed by atoms with Crippen LogP contribution in [-0.4, -0.2) is 38.3 Å². The summed E-state index contributed by atoms with van der Waals surface area (Å²) in [7, 11) is -3.50. The van der Waals surface area contributed by atoms with Crippen molar-refractivity contribution in [2.75, 3.05) is 25.0 Å². The molecule has 0 atom stereocenters. The van der Waals surface area contributed by atoms with E-state index in [1.807, 2.05) is 0 Å². The van der Waals surface area contributed by atoms with Gasteiger partial charge in [-0.05, 0) is 49.2 Å². The SMILES string of the molecule is O=C(COc1ccc(S(=O)(=O)N2CCCCC2)cc1)Nc1cc(Cl)c(Cl)cc1Cl. The lowest BCUT2D eigenvalue weighted by Crippen LogP contribution is -2.35. The third-order valence-electron chi connectivity index (χ3n) is 4.43. The lowest BCUT2D eigenvalue weighted by atomic mass is 10.2. The maximum absolute atomic E-state index is 12.6. The first-order chi connectivity index (χ1) is 13.8. The van der Waals surface area contributed by atoms with Crippen LogP contribution in [0.3, 0.4) is 0 Å². The summed E-state index contributed by atoms with van der Waals surface area (Å²) in [6.45, 7) is 0.796. The van der Waals surface area contributed by atoms with Gasteiger partial charge in [-0.1, -0.05) is 41.2 Å². The number of piperidine rings is 1. The Morgan fingerprint density at radius 2 is 1.59 bits per heavy atom. The van der Waals surface area contributed by atoms with Crippen LogP contribution in [0.25, 0.3) is 0 Å². The number of ether oxygens (including phenoxy) is 1. The lowest BCUT2D eigenvalue weighted by molar-refractivity contribution is -0.118. The second kappa shape index (κ2) is 9.53. The van der Waals surface area contributed by atoms with Crippen LogP contribution < -0.4 is 10.1 Å². The monoisotopic (exact) mass is 476 g/mol. The molecular formula is C19H19Cl3N2O4S. The average Bonchev–Trinajstić information content (AvgIpc) is 2.71. The maximum Gasteiger partial charge on any atom is 0.262 e. The molecule has 1 aliphatic rings. The quantitative estimate of drug-likeness (QED) is 0.604. The van der Waals surface area contributed by atoms with Crippen LogP contribution in [0.15, 0.2) is 41.3 Å². The zero-order chi connectivity index (χ0) is 21.0. The third-order valence-corrected chi connectivity index (χ3v) is 7.38. The van der Waals surface area contributed by atoms with Crippen LogP contribution >= 0.6 is 34.8 Å². The molecule has 0 saturated carbocycles. The predicted octanol–water partition coefficient (Wildman–Crippen LogP) is 4.84. The highest BCUT2D eigenvalue weighted by molar-refractivity contribution is 7.89. The predicted molar refractivity (Wildman–Crippen MR) is 115 cm³/mol. The fourth-order valence-electron chi connectivity index (χ4n) is 2.92. The first-order valence-electron chi connectivity index (χ1n) is 8.95. The molecule has 1 aliphatic heterocycles. The van der Waals surface area contributed by atoms with Crippen LogP contribution in [0.1, 0.15) is 19.3 Å². The summed E-state index contributed by atoms with van der Waals surface area (Å²) in [4.78, 5) is 12.3. The van der Waals surface area contributed by atoms with Crippen molar-refractivity contribution in [3.8, 4) is 5.75 Å². The van der Waals surface area contributed by atoms with Crippen molar-refractivity contribution >= 4 is 56.4 Å². The van der Waals surface area contributed by atoms with E-state index in [-0.39, 0.29) is 26.6 Å². The van der Waals surface area contributed by atoms with E-state index in [9.17, 15) is 13.2 Å². The molecule has 1 N–H and O–H groups in total. The Kier molecular flexibility index (Phi) is 7.29. The average molecular weight is 478 g/mol. The van der Waals surface area contributed by atoms with Gasteiger partial charge in [0.05, 0.1) is 25.7 Å². The zero-order valence-electron chi connectivity index (χ0n) is 15.3. The third kappa shape index (κ3) is 5.55. The molecule has 29 heavy (non-hydrogen) atoms. The number of benzene rings is 2. The molecular weight excluding hydrogens is 459 g/mol. The minimum atomic E-state index is -3.50. The van der Waals surface area contributed by atoms with Gasteiger partial charge in [-0.25, -0.2) is 8.42 Å². The number of sulfonamides is 1. The van der Waals surface area contributed by atoms with Gasteiger partial charge >= 0.3 is 0 Å². The van der Waals surface area contributed by atoms with Gasteiger partial charge < -0.3 is 10.1 Å². The number of nitrogens with zero attached hydrogens (tertiary/aromatic N) is 1. The molecule has 156 valence electrons. The Balaban J connectivity index is 1.59. The van der Waals surface area contributed by atoms with Crippen LogP contribution in [-0.2, 0) is 14.8 Å². The Hall–Kier alpha value is -1.51. The summed E-state index contributed by atoms with van der Waals surface area (Å²) in [5.74, 6) is -0.0757. The van der Waals surface area contributed by atoms with Gasteiger partial charge in [0.1, 0.15) is 5.75 Å². The number of halogens is 3. The second-order valence-electron chi connectivity index (χ2n) is 6.52. The number of anilines is 1. The molecule has 2 aromatic rings. The fraction of sp³-hybridized carbons (Fsp3) is 0.316. The van der Waals surface area contributed by atoms with E-state index in [1.165, 1.54) is 40.7 Å². The van der Waals surface area contributed by atoms with Crippen molar-refractivity contribution in [3.63, 3.8) is 0 Å². The molecule has 1 amide bonds. The molecule has 0 bridgehead atoms. The molecule has 0 radical (unpaired) electrons. The maximum atomic E-state index is 12.6. The summed E-state index contributed by atoms with van der Waals surface area (Å²) >= 11 is 17.8. The van der Waals surface area contributed by atoms with E-state index in [0.29, 0.717) is 24.5 Å². The van der Waals surface area contributed by atoms with Crippen molar-refractivity contribution in [2.24, 2.45) is 0 Å². The van der Waals surface area contributed by atoms with Gasteiger partial charge in [-0.15, -0.1) is 0 Å². The van der Waals surface area contributed by atoms with Crippen LogP contribution in [0.2, 0.25) is 15.1 Å². The van der Waals surface area contributed by atoms with Gasteiger partial charge in [-0.2, -0.15) is 4.31 Å². The highest BCUT2D eigenvalue weighted by atomic mass is 35.5. The minimum absolute atomic E-state index is 0.207. The normalized spacial score (nSPS) is 15.1. The number of hydrogen-bond donors (Lipinski definition) is 1. The summed E-state index contributed by atoms with van der Waals surface area (Å²) in [6, 6.07) is 8.89.